The average molecular weight is 289 g/mol. The Morgan fingerprint density at radius 3 is 1.90 bits per heavy atom. The Morgan fingerprint density at radius 1 is 0.952 bits per heavy atom. The highest BCUT2D eigenvalue weighted by molar-refractivity contribution is 6.00. The molecule has 1 aromatic rings. The van der Waals surface area contributed by atoms with Gasteiger partial charge in [0, 0.05) is 18.7 Å². The molecule has 118 valence electrons. The summed E-state index contributed by atoms with van der Waals surface area (Å²) in [7, 11) is 0. The fourth-order valence-corrected chi connectivity index (χ4v) is 2.63. The van der Waals surface area contributed by atoms with E-state index in [0.29, 0.717) is 11.8 Å². The van der Waals surface area contributed by atoms with Gasteiger partial charge < -0.3 is 0 Å². The highest BCUT2D eigenvalue weighted by Crippen LogP contribution is 2.16. The van der Waals surface area contributed by atoms with Crippen molar-refractivity contribution < 1.29 is 4.79 Å². The molecule has 0 aliphatic rings. The van der Waals surface area contributed by atoms with Crippen LogP contribution in [-0.4, -0.2) is 29.8 Å². The SMILES string of the molecule is Cc1ccc(C(=O)C(C)N(CC(C)C)CC(C)C)cc1C. The zero-order chi connectivity index (χ0) is 16.2. The summed E-state index contributed by atoms with van der Waals surface area (Å²) in [6.07, 6.45) is 0. The minimum absolute atomic E-state index is 0.0584. The van der Waals surface area contributed by atoms with Gasteiger partial charge >= 0.3 is 0 Å². The molecule has 0 spiro atoms. The topological polar surface area (TPSA) is 20.3 Å². The number of hydrogen-bond acceptors (Lipinski definition) is 2. The van der Waals surface area contributed by atoms with Crippen molar-refractivity contribution in [2.45, 2.75) is 54.5 Å². The van der Waals surface area contributed by atoms with E-state index in [0.717, 1.165) is 18.7 Å². The molecule has 2 heteroatoms. The monoisotopic (exact) mass is 289 g/mol. The van der Waals surface area contributed by atoms with E-state index in [4.69, 9.17) is 0 Å². The first-order valence-electron chi connectivity index (χ1n) is 8.07. The van der Waals surface area contributed by atoms with E-state index in [2.05, 4.69) is 46.4 Å². The summed E-state index contributed by atoms with van der Waals surface area (Å²) in [6.45, 7) is 17.0. The Labute approximate surface area is 130 Å². The van der Waals surface area contributed by atoms with E-state index >= 15 is 0 Å². The quantitative estimate of drug-likeness (QED) is 0.689. The van der Waals surface area contributed by atoms with Gasteiger partial charge in [0.05, 0.1) is 6.04 Å². The van der Waals surface area contributed by atoms with Crippen molar-refractivity contribution >= 4 is 5.78 Å². The molecule has 1 atom stereocenters. The second-order valence-corrected chi connectivity index (χ2v) is 7.08. The summed E-state index contributed by atoms with van der Waals surface area (Å²) < 4.78 is 0. The molecule has 0 saturated carbocycles. The molecule has 0 amide bonds. The number of benzene rings is 1. The molecule has 0 radical (unpaired) electrons. The van der Waals surface area contributed by atoms with Gasteiger partial charge in [0.25, 0.3) is 0 Å². The van der Waals surface area contributed by atoms with E-state index in [1.165, 1.54) is 11.1 Å². The third-order valence-electron chi connectivity index (χ3n) is 3.92. The molecule has 1 unspecified atom stereocenters. The number of nitrogens with zero attached hydrogens (tertiary/aromatic N) is 1. The molecule has 0 aliphatic carbocycles. The average Bonchev–Trinajstić information content (AvgIpc) is 2.38. The van der Waals surface area contributed by atoms with Gasteiger partial charge in [-0.1, -0.05) is 39.8 Å². The maximum Gasteiger partial charge on any atom is 0.179 e. The third-order valence-corrected chi connectivity index (χ3v) is 3.92. The summed E-state index contributed by atoms with van der Waals surface area (Å²) in [5.74, 6) is 1.37. The second kappa shape index (κ2) is 7.74. The predicted molar refractivity (Wildman–Crippen MR) is 91.0 cm³/mol. The molecule has 1 rings (SSSR count). The fourth-order valence-electron chi connectivity index (χ4n) is 2.63. The lowest BCUT2D eigenvalue weighted by molar-refractivity contribution is 0.0801. The van der Waals surface area contributed by atoms with E-state index in [9.17, 15) is 4.79 Å². The van der Waals surface area contributed by atoms with Crippen molar-refractivity contribution in [2.24, 2.45) is 11.8 Å². The Bertz CT molecular complexity index is 466. The molecule has 0 aliphatic heterocycles. The summed E-state index contributed by atoms with van der Waals surface area (Å²) in [5.41, 5.74) is 3.26. The van der Waals surface area contributed by atoms with Crippen LogP contribution in [0.5, 0.6) is 0 Å². The van der Waals surface area contributed by atoms with E-state index in [-0.39, 0.29) is 11.8 Å². The van der Waals surface area contributed by atoms with Gasteiger partial charge in [-0.05, 0) is 49.8 Å². The Morgan fingerprint density at radius 2 is 1.48 bits per heavy atom. The van der Waals surface area contributed by atoms with Crippen LogP contribution in [-0.2, 0) is 0 Å². The van der Waals surface area contributed by atoms with Gasteiger partial charge in [-0.15, -0.1) is 0 Å². The summed E-state index contributed by atoms with van der Waals surface area (Å²) >= 11 is 0. The van der Waals surface area contributed by atoms with E-state index < -0.39 is 0 Å². The van der Waals surface area contributed by atoms with Crippen LogP contribution in [0.1, 0.15) is 56.1 Å². The molecule has 0 N–H and O–H groups in total. The van der Waals surface area contributed by atoms with Crippen molar-refractivity contribution in [3.05, 3.63) is 34.9 Å². The second-order valence-electron chi connectivity index (χ2n) is 7.08. The van der Waals surface area contributed by atoms with Gasteiger partial charge in [0.1, 0.15) is 0 Å². The number of rotatable bonds is 7. The Hall–Kier alpha value is -1.15. The molecule has 0 aromatic heterocycles. The number of Topliss-reactive ketones (excluding diaryl/α,β-unsaturated/α-hetero) is 1. The van der Waals surface area contributed by atoms with Gasteiger partial charge in [-0.25, -0.2) is 0 Å². The minimum atomic E-state index is -0.0584. The lowest BCUT2D eigenvalue weighted by Gasteiger charge is -2.31. The molecule has 0 bridgehead atoms. The van der Waals surface area contributed by atoms with Gasteiger partial charge in [-0.3, -0.25) is 9.69 Å². The van der Waals surface area contributed by atoms with Crippen molar-refractivity contribution in [3.8, 4) is 0 Å². The van der Waals surface area contributed by atoms with Crippen molar-refractivity contribution in [2.75, 3.05) is 13.1 Å². The van der Waals surface area contributed by atoms with Crippen LogP contribution in [0.15, 0.2) is 18.2 Å². The number of aryl methyl sites for hydroxylation is 2. The summed E-state index contributed by atoms with van der Waals surface area (Å²) in [5, 5.41) is 0. The van der Waals surface area contributed by atoms with Crippen LogP contribution in [0.4, 0.5) is 0 Å². The number of hydrogen-bond donors (Lipinski definition) is 0. The van der Waals surface area contributed by atoms with E-state index in [1.807, 2.05) is 25.1 Å². The zero-order valence-corrected chi connectivity index (χ0v) is 14.7. The molecular weight excluding hydrogens is 258 g/mol. The fraction of sp³-hybridized carbons (Fsp3) is 0.632. The van der Waals surface area contributed by atoms with Crippen molar-refractivity contribution in [1.29, 1.82) is 0 Å². The Kier molecular flexibility index (Phi) is 6.60. The van der Waals surface area contributed by atoms with Crippen molar-refractivity contribution in [1.82, 2.24) is 4.90 Å². The smallest absolute Gasteiger partial charge is 0.179 e. The molecule has 21 heavy (non-hydrogen) atoms. The first-order valence-corrected chi connectivity index (χ1v) is 8.07. The largest absolute Gasteiger partial charge is 0.293 e. The van der Waals surface area contributed by atoms with Crippen LogP contribution in [0.2, 0.25) is 0 Å². The number of carbonyl (C=O) groups excluding carboxylic acids is 1. The predicted octanol–water partition coefficient (Wildman–Crippen LogP) is 4.49. The molecule has 2 nitrogen and oxygen atoms in total. The maximum absolute atomic E-state index is 12.8. The van der Waals surface area contributed by atoms with Crippen LogP contribution in [0.3, 0.4) is 0 Å². The van der Waals surface area contributed by atoms with E-state index in [1.54, 1.807) is 0 Å². The van der Waals surface area contributed by atoms with Gasteiger partial charge in [0.15, 0.2) is 5.78 Å². The molecular formula is C19H31NO. The summed E-state index contributed by atoms with van der Waals surface area (Å²) in [4.78, 5) is 15.1. The highest BCUT2D eigenvalue weighted by Gasteiger charge is 2.23. The lowest BCUT2D eigenvalue weighted by atomic mass is 9.98. The van der Waals surface area contributed by atoms with Crippen molar-refractivity contribution in [3.63, 3.8) is 0 Å². The minimum Gasteiger partial charge on any atom is -0.293 e. The molecule has 1 aromatic carbocycles. The summed E-state index contributed by atoms with van der Waals surface area (Å²) in [6, 6.07) is 5.98. The highest BCUT2D eigenvalue weighted by atomic mass is 16.1. The first kappa shape index (κ1) is 17.9. The van der Waals surface area contributed by atoms with Crippen LogP contribution >= 0.6 is 0 Å². The maximum atomic E-state index is 12.8. The third kappa shape index (κ3) is 5.28. The lowest BCUT2D eigenvalue weighted by Crippen LogP contribution is -2.43. The number of carbonyl (C=O) groups is 1. The van der Waals surface area contributed by atoms with Gasteiger partial charge in [-0.2, -0.15) is 0 Å². The Balaban J connectivity index is 2.92. The van der Waals surface area contributed by atoms with Crippen LogP contribution in [0.25, 0.3) is 0 Å². The molecule has 0 saturated heterocycles. The zero-order valence-electron chi connectivity index (χ0n) is 14.7. The normalized spacial score (nSPS) is 13.2. The first-order chi connectivity index (χ1) is 9.72. The van der Waals surface area contributed by atoms with Crippen LogP contribution < -0.4 is 0 Å². The molecule has 0 fully saturated rings. The number of ketones is 1. The molecule has 0 heterocycles. The standard InChI is InChI=1S/C19H31NO/c1-13(2)11-20(12-14(3)4)17(7)19(21)18-9-8-15(5)16(6)10-18/h8-10,13-14,17H,11-12H2,1-7H3. The van der Waals surface area contributed by atoms with Gasteiger partial charge in [0.2, 0.25) is 0 Å². The van der Waals surface area contributed by atoms with Crippen LogP contribution in [0, 0.1) is 25.7 Å².